The average molecular weight is 328 g/mol. The van der Waals surface area contributed by atoms with E-state index >= 15 is 0 Å². The molecule has 0 saturated carbocycles. The molecule has 0 spiro atoms. The quantitative estimate of drug-likeness (QED) is 0.759. The first-order valence-electron chi connectivity index (χ1n) is 7.37. The zero-order valence-corrected chi connectivity index (χ0v) is 13.8. The van der Waals surface area contributed by atoms with Crippen molar-refractivity contribution in [3.63, 3.8) is 0 Å². The van der Waals surface area contributed by atoms with E-state index in [1.54, 1.807) is 0 Å². The second-order valence-corrected chi connectivity index (χ2v) is 6.02. The predicted molar refractivity (Wildman–Crippen MR) is 96.4 cm³/mol. The predicted octanol–water partition coefficient (Wildman–Crippen LogP) is 4.07. The van der Waals surface area contributed by atoms with Crippen molar-refractivity contribution in [3.8, 4) is 0 Å². The van der Waals surface area contributed by atoms with Crippen LogP contribution in [-0.4, -0.2) is 25.0 Å². The molecule has 3 aromatic rings. The fourth-order valence-electron chi connectivity index (χ4n) is 2.72. The molecule has 3 rings (SSSR count). The van der Waals surface area contributed by atoms with Gasteiger partial charge in [0.1, 0.15) is 0 Å². The minimum Gasteiger partial charge on any atom is -0.375 e. The van der Waals surface area contributed by atoms with E-state index in [0.717, 1.165) is 22.2 Å². The molecule has 5 heteroatoms. The fraction of sp³-hybridized carbons (Fsp3) is 0.167. The standard InChI is InChI=1S/C18H18ClN3O/c1-22(2)18-14(19)7-5-9-16(18)21-17(23)10-12-11-20-15-8-4-3-6-13(12)15/h3-9,11,20H,10H2,1-2H3,(H,21,23). The molecule has 0 radical (unpaired) electrons. The topological polar surface area (TPSA) is 48.1 Å². The zero-order valence-electron chi connectivity index (χ0n) is 13.1. The normalized spacial score (nSPS) is 10.7. The van der Waals surface area contributed by atoms with Crippen molar-refractivity contribution in [3.05, 3.63) is 59.2 Å². The third-order valence-corrected chi connectivity index (χ3v) is 4.04. The number of H-pyrrole nitrogens is 1. The SMILES string of the molecule is CN(C)c1c(Cl)cccc1NC(=O)Cc1c[nH]c2ccccc12. The lowest BCUT2D eigenvalue weighted by molar-refractivity contribution is -0.115. The highest BCUT2D eigenvalue weighted by atomic mass is 35.5. The minimum atomic E-state index is -0.0693. The molecule has 1 amide bonds. The number of benzene rings is 2. The summed E-state index contributed by atoms with van der Waals surface area (Å²) in [6.07, 6.45) is 2.19. The molecule has 118 valence electrons. The van der Waals surface area contributed by atoms with Crippen molar-refractivity contribution in [1.29, 1.82) is 0 Å². The summed E-state index contributed by atoms with van der Waals surface area (Å²) in [7, 11) is 3.80. The van der Waals surface area contributed by atoms with E-state index in [2.05, 4.69) is 10.3 Å². The maximum atomic E-state index is 12.4. The van der Waals surface area contributed by atoms with E-state index in [-0.39, 0.29) is 5.91 Å². The van der Waals surface area contributed by atoms with E-state index in [4.69, 9.17) is 11.6 Å². The van der Waals surface area contributed by atoms with Crippen molar-refractivity contribution in [2.45, 2.75) is 6.42 Å². The molecule has 23 heavy (non-hydrogen) atoms. The van der Waals surface area contributed by atoms with Crippen LogP contribution in [0.1, 0.15) is 5.56 Å². The number of anilines is 2. The lowest BCUT2D eigenvalue weighted by Gasteiger charge is -2.19. The molecular formula is C18H18ClN3O. The van der Waals surface area contributed by atoms with Gasteiger partial charge in [0.15, 0.2) is 0 Å². The van der Waals surface area contributed by atoms with E-state index in [1.165, 1.54) is 0 Å². The van der Waals surface area contributed by atoms with Crippen LogP contribution in [0.2, 0.25) is 5.02 Å². The molecule has 0 aliphatic carbocycles. The largest absolute Gasteiger partial charge is 0.375 e. The van der Waals surface area contributed by atoms with Crippen molar-refractivity contribution >= 4 is 39.8 Å². The van der Waals surface area contributed by atoms with Gasteiger partial charge in [-0.15, -0.1) is 0 Å². The number of rotatable bonds is 4. The van der Waals surface area contributed by atoms with Gasteiger partial charge >= 0.3 is 0 Å². The van der Waals surface area contributed by atoms with E-state index < -0.39 is 0 Å². The number of hydrogen-bond donors (Lipinski definition) is 2. The summed E-state index contributed by atoms with van der Waals surface area (Å²) < 4.78 is 0. The van der Waals surface area contributed by atoms with E-state index in [9.17, 15) is 4.79 Å². The van der Waals surface area contributed by atoms with Crippen molar-refractivity contribution in [2.75, 3.05) is 24.3 Å². The number of halogens is 1. The Balaban J connectivity index is 1.82. The first kappa shape index (κ1) is 15.4. The third-order valence-electron chi connectivity index (χ3n) is 3.73. The van der Waals surface area contributed by atoms with Crippen LogP contribution in [-0.2, 0) is 11.2 Å². The van der Waals surface area contributed by atoms with Crippen LogP contribution in [0.15, 0.2) is 48.7 Å². The fourth-order valence-corrected chi connectivity index (χ4v) is 3.06. The summed E-state index contributed by atoms with van der Waals surface area (Å²) in [5, 5.41) is 4.64. The Morgan fingerprint density at radius 3 is 2.74 bits per heavy atom. The van der Waals surface area contributed by atoms with Gasteiger partial charge in [0.2, 0.25) is 5.91 Å². The molecule has 0 atom stereocenters. The lowest BCUT2D eigenvalue weighted by Crippen LogP contribution is -2.18. The number of amides is 1. The summed E-state index contributed by atoms with van der Waals surface area (Å²) in [5.74, 6) is -0.0693. The van der Waals surface area contributed by atoms with Gasteiger partial charge in [0.05, 0.1) is 22.8 Å². The second kappa shape index (κ2) is 6.34. The number of carbonyl (C=O) groups excluding carboxylic acids is 1. The van der Waals surface area contributed by atoms with Gasteiger partial charge < -0.3 is 15.2 Å². The van der Waals surface area contributed by atoms with Crippen LogP contribution in [0.4, 0.5) is 11.4 Å². The highest BCUT2D eigenvalue weighted by Crippen LogP contribution is 2.32. The lowest BCUT2D eigenvalue weighted by atomic mass is 10.1. The zero-order chi connectivity index (χ0) is 16.4. The third kappa shape index (κ3) is 3.17. The molecule has 4 nitrogen and oxygen atoms in total. The molecule has 0 bridgehead atoms. The van der Waals surface area contributed by atoms with Crippen molar-refractivity contribution < 1.29 is 4.79 Å². The Morgan fingerprint density at radius 1 is 1.17 bits per heavy atom. The highest BCUT2D eigenvalue weighted by molar-refractivity contribution is 6.34. The van der Waals surface area contributed by atoms with Crippen LogP contribution in [0.5, 0.6) is 0 Å². The molecule has 0 saturated heterocycles. The van der Waals surface area contributed by atoms with Crippen molar-refractivity contribution in [1.82, 2.24) is 4.98 Å². The molecule has 1 heterocycles. The van der Waals surface area contributed by atoms with Gasteiger partial charge in [0, 0.05) is 31.2 Å². The van der Waals surface area contributed by atoms with Crippen LogP contribution < -0.4 is 10.2 Å². The van der Waals surface area contributed by atoms with Gasteiger partial charge in [-0.2, -0.15) is 0 Å². The smallest absolute Gasteiger partial charge is 0.228 e. The second-order valence-electron chi connectivity index (χ2n) is 5.61. The molecule has 0 aliphatic rings. The number of para-hydroxylation sites is 2. The van der Waals surface area contributed by atoms with Crippen LogP contribution in [0.3, 0.4) is 0 Å². The minimum absolute atomic E-state index is 0.0693. The summed E-state index contributed by atoms with van der Waals surface area (Å²) in [6.45, 7) is 0. The first-order chi connectivity index (χ1) is 11.1. The maximum Gasteiger partial charge on any atom is 0.228 e. The van der Waals surface area contributed by atoms with Crippen LogP contribution in [0, 0.1) is 0 Å². The summed E-state index contributed by atoms with van der Waals surface area (Å²) in [4.78, 5) is 17.5. The molecular weight excluding hydrogens is 310 g/mol. The molecule has 0 unspecified atom stereocenters. The average Bonchev–Trinajstić information content (AvgIpc) is 2.90. The van der Waals surface area contributed by atoms with Gasteiger partial charge in [-0.05, 0) is 23.8 Å². The monoisotopic (exact) mass is 327 g/mol. The molecule has 0 aliphatic heterocycles. The molecule has 2 N–H and O–H groups in total. The summed E-state index contributed by atoms with van der Waals surface area (Å²) in [6, 6.07) is 13.4. The molecule has 0 fully saturated rings. The number of carbonyl (C=O) groups is 1. The first-order valence-corrected chi connectivity index (χ1v) is 7.74. The number of aromatic amines is 1. The van der Waals surface area contributed by atoms with E-state index in [0.29, 0.717) is 17.1 Å². The Hall–Kier alpha value is -2.46. The van der Waals surface area contributed by atoms with Crippen molar-refractivity contribution in [2.24, 2.45) is 0 Å². The van der Waals surface area contributed by atoms with Crippen LogP contribution >= 0.6 is 11.6 Å². The highest BCUT2D eigenvalue weighted by Gasteiger charge is 2.13. The number of nitrogens with one attached hydrogen (secondary N) is 2. The Labute approximate surface area is 140 Å². The maximum absolute atomic E-state index is 12.4. The molecule has 2 aromatic carbocycles. The number of hydrogen-bond acceptors (Lipinski definition) is 2. The number of nitrogens with zero attached hydrogens (tertiary/aromatic N) is 1. The number of aromatic nitrogens is 1. The Bertz CT molecular complexity index is 854. The van der Waals surface area contributed by atoms with E-state index in [1.807, 2.05) is 67.7 Å². The number of fused-ring (bicyclic) bond motifs is 1. The van der Waals surface area contributed by atoms with Gasteiger partial charge in [0.25, 0.3) is 0 Å². The summed E-state index contributed by atoms with van der Waals surface area (Å²) >= 11 is 6.23. The Morgan fingerprint density at radius 2 is 1.96 bits per heavy atom. The van der Waals surface area contributed by atoms with Gasteiger partial charge in [-0.25, -0.2) is 0 Å². The van der Waals surface area contributed by atoms with Crippen LogP contribution in [0.25, 0.3) is 10.9 Å². The molecule has 1 aromatic heterocycles. The summed E-state index contributed by atoms with van der Waals surface area (Å²) in [5.41, 5.74) is 3.53. The Kier molecular flexibility index (Phi) is 4.26. The van der Waals surface area contributed by atoms with Gasteiger partial charge in [-0.3, -0.25) is 4.79 Å². The van der Waals surface area contributed by atoms with Gasteiger partial charge in [-0.1, -0.05) is 35.9 Å².